The summed E-state index contributed by atoms with van der Waals surface area (Å²) in [6.07, 6.45) is 4.40. The summed E-state index contributed by atoms with van der Waals surface area (Å²) < 4.78 is 7.76. The molecule has 0 aliphatic rings. The van der Waals surface area contributed by atoms with Gasteiger partial charge >= 0.3 is 0 Å². The molecule has 0 saturated heterocycles. The van der Waals surface area contributed by atoms with Gasteiger partial charge in [0, 0.05) is 0 Å². The highest BCUT2D eigenvalue weighted by atomic mass is 79.9. The zero-order valence-electron chi connectivity index (χ0n) is 10.1. The van der Waals surface area contributed by atoms with Crippen LogP contribution in [0.25, 0.3) is 0 Å². The fraction of sp³-hybridized carbons (Fsp3) is 0.538. The van der Waals surface area contributed by atoms with Crippen LogP contribution in [0.4, 0.5) is 0 Å². The third-order valence-electron chi connectivity index (χ3n) is 2.49. The number of halogens is 2. The summed E-state index contributed by atoms with van der Waals surface area (Å²) in [5, 5.41) is 0. The smallest absolute Gasteiger partial charge is 0.147 e. The van der Waals surface area contributed by atoms with E-state index in [-0.39, 0.29) is 0 Å². The van der Waals surface area contributed by atoms with Crippen molar-refractivity contribution >= 4 is 31.9 Å². The Hall–Kier alpha value is -0.0600. The standard InChI is InChI=1S/C13H19Br2NO/c1-2-3-4-7-17-13-11(14)8-10(5-6-16)9-12(13)15/h8-9H,2-7,16H2,1H3. The average Bonchev–Trinajstić information content (AvgIpc) is 2.27. The SMILES string of the molecule is CCCCCOc1c(Br)cc(CCN)cc1Br. The van der Waals surface area contributed by atoms with Crippen LogP contribution in [0.5, 0.6) is 5.75 Å². The van der Waals surface area contributed by atoms with Gasteiger partial charge in [-0.3, -0.25) is 0 Å². The zero-order valence-corrected chi connectivity index (χ0v) is 13.3. The van der Waals surface area contributed by atoms with Crippen molar-refractivity contribution in [1.29, 1.82) is 0 Å². The van der Waals surface area contributed by atoms with E-state index in [0.29, 0.717) is 6.54 Å². The van der Waals surface area contributed by atoms with E-state index in [2.05, 4.69) is 50.9 Å². The molecule has 0 spiro atoms. The highest BCUT2D eigenvalue weighted by Gasteiger charge is 2.08. The minimum atomic E-state index is 0.662. The van der Waals surface area contributed by atoms with Crippen LogP contribution < -0.4 is 10.5 Å². The van der Waals surface area contributed by atoms with Gasteiger partial charge in [-0.2, -0.15) is 0 Å². The maximum atomic E-state index is 5.78. The number of unbranched alkanes of at least 4 members (excludes halogenated alkanes) is 2. The summed E-state index contributed by atoms with van der Waals surface area (Å²) >= 11 is 7.08. The molecular weight excluding hydrogens is 346 g/mol. The molecule has 0 heterocycles. The summed E-state index contributed by atoms with van der Waals surface area (Å²) in [7, 11) is 0. The highest BCUT2D eigenvalue weighted by molar-refractivity contribution is 9.11. The zero-order chi connectivity index (χ0) is 12.7. The molecule has 0 saturated carbocycles. The van der Waals surface area contributed by atoms with Crippen molar-refractivity contribution in [3.05, 3.63) is 26.6 Å². The Morgan fingerprint density at radius 2 is 1.82 bits per heavy atom. The minimum Gasteiger partial charge on any atom is -0.491 e. The summed E-state index contributed by atoms with van der Waals surface area (Å²) in [5.74, 6) is 0.891. The monoisotopic (exact) mass is 363 g/mol. The lowest BCUT2D eigenvalue weighted by Crippen LogP contribution is -2.04. The first-order valence-corrected chi connectivity index (χ1v) is 7.58. The largest absolute Gasteiger partial charge is 0.491 e. The molecule has 0 amide bonds. The van der Waals surface area contributed by atoms with Crippen LogP contribution in [-0.4, -0.2) is 13.2 Å². The van der Waals surface area contributed by atoms with Crippen molar-refractivity contribution in [2.45, 2.75) is 32.6 Å². The van der Waals surface area contributed by atoms with E-state index in [9.17, 15) is 0 Å². The maximum Gasteiger partial charge on any atom is 0.147 e. The topological polar surface area (TPSA) is 35.2 Å². The van der Waals surface area contributed by atoms with E-state index in [1.165, 1.54) is 18.4 Å². The third kappa shape index (κ3) is 4.98. The molecule has 0 unspecified atom stereocenters. The summed E-state index contributed by atoms with van der Waals surface area (Å²) in [6, 6.07) is 4.15. The molecule has 0 aromatic heterocycles. The van der Waals surface area contributed by atoms with E-state index in [1.54, 1.807) is 0 Å². The lowest BCUT2D eigenvalue weighted by molar-refractivity contribution is 0.302. The van der Waals surface area contributed by atoms with Gasteiger partial charge in [0.25, 0.3) is 0 Å². The lowest BCUT2D eigenvalue weighted by atomic mass is 10.1. The van der Waals surface area contributed by atoms with Crippen molar-refractivity contribution in [1.82, 2.24) is 0 Å². The van der Waals surface area contributed by atoms with Crippen molar-refractivity contribution in [2.24, 2.45) is 5.73 Å². The second-order valence-electron chi connectivity index (χ2n) is 3.98. The number of nitrogens with two attached hydrogens (primary N) is 1. The van der Waals surface area contributed by atoms with E-state index >= 15 is 0 Å². The molecule has 1 aromatic rings. The number of benzene rings is 1. The Kier molecular flexibility index (Phi) is 7.16. The lowest BCUT2D eigenvalue weighted by Gasteiger charge is -2.12. The molecule has 1 rings (SSSR count). The predicted octanol–water partition coefficient (Wildman–Crippen LogP) is 4.28. The second-order valence-corrected chi connectivity index (χ2v) is 5.69. The Morgan fingerprint density at radius 3 is 2.35 bits per heavy atom. The molecule has 4 heteroatoms. The minimum absolute atomic E-state index is 0.662. The van der Waals surface area contributed by atoms with Crippen molar-refractivity contribution < 1.29 is 4.74 Å². The van der Waals surface area contributed by atoms with Gasteiger partial charge in [0.1, 0.15) is 5.75 Å². The Labute approximate surface area is 120 Å². The fourth-order valence-corrected chi connectivity index (χ4v) is 3.10. The molecule has 0 bridgehead atoms. The maximum absolute atomic E-state index is 5.78. The summed E-state index contributed by atoms with van der Waals surface area (Å²) in [6.45, 7) is 3.62. The molecular formula is C13H19Br2NO. The Bertz CT molecular complexity index is 332. The van der Waals surface area contributed by atoms with Gasteiger partial charge in [-0.15, -0.1) is 0 Å². The normalized spacial score (nSPS) is 10.6. The van der Waals surface area contributed by atoms with Gasteiger partial charge in [-0.05, 0) is 68.9 Å². The van der Waals surface area contributed by atoms with Gasteiger partial charge in [0.15, 0.2) is 0 Å². The molecule has 0 radical (unpaired) electrons. The Balaban J connectivity index is 2.65. The van der Waals surface area contributed by atoms with E-state index in [4.69, 9.17) is 10.5 Å². The Morgan fingerprint density at radius 1 is 1.18 bits per heavy atom. The van der Waals surface area contributed by atoms with Crippen LogP contribution in [-0.2, 0) is 6.42 Å². The predicted molar refractivity (Wildman–Crippen MR) is 79.6 cm³/mol. The number of rotatable bonds is 7. The first-order valence-electron chi connectivity index (χ1n) is 5.99. The van der Waals surface area contributed by atoms with Crippen LogP contribution in [0.15, 0.2) is 21.1 Å². The van der Waals surface area contributed by atoms with Crippen LogP contribution >= 0.6 is 31.9 Å². The molecule has 2 nitrogen and oxygen atoms in total. The third-order valence-corrected chi connectivity index (χ3v) is 3.66. The first-order chi connectivity index (χ1) is 8.19. The number of hydrogen-bond donors (Lipinski definition) is 1. The van der Waals surface area contributed by atoms with E-state index in [1.807, 2.05) is 0 Å². The van der Waals surface area contributed by atoms with E-state index < -0.39 is 0 Å². The molecule has 0 aliphatic heterocycles. The first kappa shape index (κ1) is 15.0. The van der Waals surface area contributed by atoms with Crippen LogP contribution in [0.3, 0.4) is 0 Å². The molecule has 0 aliphatic carbocycles. The molecule has 1 aromatic carbocycles. The quantitative estimate of drug-likeness (QED) is 0.732. The average molecular weight is 365 g/mol. The van der Waals surface area contributed by atoms with Crippen molar-refractivity contribution in [3.63, 3.8) is 0 Å². The van der Waals surface area contributed by atoms with Crippen LogP contribution in [0.2, 0.25) is 0 Å². The molecule has 17 heavy (non-hydrogen) atoms. The second kappa shape index (κ2) is 8.11. The van der Waals surface area contributed by atoms with Crippen LogP contribution in [0.1, 0.15) is 31.7 Å². The summed E-state index contributed by atoms with van der Waals surface area (Å²) in [4.78, 5) is 0. The number of hydrogen-bond acceptors (Lipinski definition) is 2. The van der Waals surface area contributed by atoms with Crippen molar-refractivity contribution in [2.75, 3.05) is 13.2 Å². The van der Waals surface area contributed by atoms with E-state index in [0.717, 1.165) is 34.1 Å². The fourth-order valence-electron chi connectivity index (χ4n) is 1.59. The van der Waals surface area contributed by atoms with Crippen molar-refractivity contribution in [3.8, 4) is 5.75 Å². The van der Waals surface area contributed by atoms with Gasteiger partial charge < -0.3 is 10.5 Å². The van der Waals surface area contributed by atoms with Gasteiger partial charge in [-0.25, -0.2) is 0 Å². The van der Waals surface area contributed by atoms with Gasteiger partial charge in [-0.1, -0.05) is 19.8 Å². The van der Waals surface area contributed by atoms with Crippen LogP contribution in [0, 0.1) is 0 Å². The summed E-state index contributed by atoms with van der Waals surface area (Å²) in [5.41, 5.74) is 6.77. The van der Waals surface area contributed by atoms with Gasteiger partial charge in [0.2, 0.25) is 0 Å². The van der Waals surface area contributed by atoms with Gasteiger partial charge in [0.05, 0.1) is 15.6 Å². The molecule has 0 atom stereocenters. The molecule has 2 N–H and O–H groups in total. The number of ether oxygens (including phenoxy) is 1. The molecule has 96 valence electrons. The molecule has 0 fully saturated rings. The highest BCUT2D eigenvalue weighted by Crippen LogP contribution is 2.35.